The van der Waals surface area contributed by atoms with Crippen molar-refractivity contribution in [3.63, 3.8) is 0 Å². The lowest BCUT2D eigenvalue weighted by Crippen LogP contribution is -2.84. The van der Waals surface area contributed by atoms with Crippen LogP contribution in [0.15, 0.2) is 49.1 Å². The number of likely N-dealkylation sites (tertiary alicyclic amines) is 2. The summed E-state index contributed by atoms with van der Waals surface area (Å²) < 4.78 is 0. The number of rotatable bonds is 6. The Bertz CT molecular complexity index is 876. The van der Waals surface area contributed by atoms with Gasteiger partial charge in [-0.25, -0.2) is 9.97 Å². The van der Waals surface area contributed by atoms with E-state index in [2.05, 4.69) is 45.2 Å². The molecule has 1 aromatic carbocycles. The number of hydrogen-bond acceptors (Lipinski definition) is 5. The highest BCUT2D eigenvalue weighted by molar-refractivity contribution is 5.77. The van der Waals surface area contributed by atoms with Gasteiger partial charge in [0.25, 0.3) is 0 Å². The van der Waals surface area contributed by atoms with E-state index >= 15 is 0 Å². The van der Waals surface area contributed by atoms with Gasteiger partial charge in [-0.05, 0) is 18.1 Å². The molecule has 2 saturated heterocycles. The summed E-state index contributed by atoms with van der Waals surface area (Å²) in [6.07, 6.45) is 9.80. The van der Waals surface area contributed by atoms with E-state index in [1.165, 1.54) is 17.5 Å². The Labute approximate surface area is 171 Å². The number of nitrogens with zero attached hydrogens (tertiary/aromatic N) is 4. The van der Waals surface area contributed by atoms with E-state index in [9.17, 15) is 9.90 Å². The molecule has 1 amide bonds. The molecule has 2 fully saturated rings. The van der Waals surface area contributed by atoms with Crippen molar-refractivity contribution in [2.45, 2.75) is 44.3 Å². The SMILES string of the molecule is C/C=C/c1ccc([C@@H]2[C@H](CO)N(Cc3cncnc3)C23CN(C(=O)CC)C3)cc1. The number of aliphatic hydroxyl groups excluding tert-OH is 1. The quantitative estimate of drug-likeness (QED) is 0.818. The van der Waals surface area contributed by atoms with Crippen molar-refractivity contribution in [3.8, 4) is 0 Å². The molecule has 0 unspecified atom stereocenters. The van der Waals surface area contributed by atoms with Gasteiger partial charge in [0.1, 0.15) is 6.33 Å². The zero-order valence-corrected chi connectivity index (χ0v) is 17.0. The van der Waals surface area contributed by atoms with Crippen LogP contribution in [0.2, 0.25) is 0 Å². The Morgan fingerprint density at radius 3 is 2.52 bits per heavy atom. The number of aliphatic hydroxyl groups is 1. The Balaban J connectivity index is 1.63. The number of carbonyl (C=O) groups is 1. The summed E-state index contributed by atoms with van der Waals surface area (Å²) in [4.78, 5) is 24.8. The third kappa shape index (κ3) is 3.36. The zero-order chi connectivity index (χ0) is 20.4. The van der Waals surface area contributed by atoms with Gasteiger partial charge in [0.05, 0.1) is 12.1 Å². The summed E-state index contributed by atoms with van der Waals surface area (Å²) in [7, 11) is 0. The van der Waals surface area contributed by atoms with Crippen LogP contribution in [0.4, 0.5) is 0 Å². The van der Waals surface area contributed by atoms with E-state index in [1.54, 1.807) is 0 Å². The van der Waals surface area contributed by atoms with Crippen LogP contribution in [0.3, 0.4) is 0 Å². The van der Waals surface area contributed by atoms with Gasteiger partial charge in [-0.15, -0.1) is 0 Å². The van der Waals surface area contributed by atoms with Crippen molar-refractivity contribution >= 4 is 12.0 Å². The Kier molecular flexibility index (Phi) is 5.48. The summed E-state index contributed by atoms with van der Waals surface area (Å²) in [5, 5.41) is 10.2. The van der Waals surface area contributed by atoms with Gasteiger partial charge in [-0.2, -0.15) is 0 Å². The Morgan fingerprint density at radius 1 is 1.24 bits per heavy atom. The molecule has 2 aliphatic heterocycles. The minimum absolute atomic E-state index is 0.0154. The maximum atomic E-state index is 12.2. The number of carbonyl (C=O) groups excluding carboxylic acids is 1. The lowest BCUT2D eigenvalue weighted by Gasteiger charge is -2.70. The van der Waals surface area contributed by atoms with Crippen LogP contribution in [0.1, 0.15) is 42.9 Å². The summed E-state index contributed by atoms with van der Waals surface area (Å²) >= 11 is 0. The molecule has 152 valence electrons. The molecule has 1 N–H and O–H groups in total. The molecule has 1 aromatic heterocycles. The molecule has 0 saturated carbocycles. The molecule has 0 bridgehead atoms. The fraction of sp³-hybridized carbons (Fsp3) is 0.435. The monoisotopic (exact) mass is 392 g/mol. The fourth-order valence-corrected chi connectivity index (χ4v) is 4.98. The highest BCUT2D eigenvalue weighted by atomic mass is 16.3. The van der Waals surface area contributed by atoms with Crippen molar-refractivity contribution in [1.29, 1.82) is 0 Å². The van der Waals surface area contributed by atoms with E-state index in [1.807, 2.05) is 37.2 Å². The minimum Gasteiger partial charge on any atom is -0.395 e. The predicted octanol–water partition coefficient (Wildman–Crippen LogP) is 2.46. The molecule has 1 spiro atoms. The molecule has 2 aliphatic rings. The maximum absolute atomic E-state index is 12.2. The van der Waals surface area contributed by atoms with Gasteiger partial charge in [-0.1, -0.05) is 43.3 Å². The average Bonchev–Trinajstić information content (AvgIpc) is 2.72. The first kappa shape index (κ1) is 19.7. The Hall–Kier alpha value is -2.57. The molecule has 3 heterocycles. The molecular formula is C23H28N4O2. The van der Waals surface area contributed by atoms with Crippen molar-refractivity contribution in [2.75, 3.05) is 19.7 Å². The van der Waals surface area contributed by atoms with E-state index in [0.717, 1.165) is 5.56 Å². The van der Waals surface area contributed by atoms with Crippen LogP contribution in [0.5, 0.6) is 0 Å². The summed E-state index contributed by atoms with van der Waals surface area (Å²) in [5.41, 5.74) is 3.27. The average molecular weight is 393 g/mol. The molecule has 6 heteroatoms. The normalized spacial score (nSPS) is 23.2. The van der Waals surface area contributed by atoms with Crippen molar-refractivity contribution in [1.82, 2.24) is 19.8 Å². The molecular weight excluding hydrogens is 364 g/mol. The van der Waals surface area contributed by atoms with Crippen LogP contribution in [0, 0.1) is 0 Å². The maximum Gasteiger partial charge on any atom is 0.222 e. The largest absolute Gasteiger partial charge is 0.395 e. The van der Waals surface area contributed by atoms with Gasteiger partial charge in [0, 0.05) is 56.0 Å². The lowest BCUT2D eigenvalue weighted by molar-refractivity contribution is -0.200. The number of benzene rings is 1. The first-order chi connectivity index (χ1) is 14.1. The van der Waals surface area contributed by atoms with Crippen molar-refractivity contribution in [2.24, 2.45) is 0 Å². The standard InChI is InChI=1S/C23H28N4O2/c1-3-5-17-6-8-19(9-7-17)22-20(13-28)27(12-18-10-24-16-25-11-18)23(22)14-26(15-23)21(29)4-2/h3,5-11,16,20,22,28H,4,12-15H2,1-2H3/b5-3+/t20-,22+/m0/s1. The third-order valence-electron chi connectivity index (χ3n) is 6.33. The summed E-state index contributed by atoms with van der Waals surface area (Å²) in [6.45, 7) is 6.07. The molecule has 2 atom stereocenters. The van der Waals surface area contributed by atoms with Gasteiger partial charge in [0.2, 0.25) is 5.91 Å². The first-order valence-electron chi connectivity index (χ1n) is 10.2. The molecule has 6 nitrogen and oxygen atoms in total. The van der Waals surface area contributed by atoms with Crippen molar-refractivity contribution < 1.29 is 9.90 Å². The van der Waals surface area contributed by atoms with Crippen molar-refractivity contribution in [3.05, 3.63) is 65.8 Å². The second-order valence-corrected chi connectivity index (χ2v) is 7.98. The third-order valence-corrected chi connectivity index (χ3v) is 6.33. The zero-order valence-electron chi connectivity index (χ0n) is 17.0. The van der Waals surface area contributed by atoms with E-state index in [0.29, 0.717) is 26.1 Å². The van der Waals surface area contributed by atoms with Crippen LogP contribution >= 0.6 is 0 Å². The molecule has 2 aromatic rings. The number of aromatic nitrogens is 2. The number of amides is 1. The van der Waals surface area contributed by atoms with Crippen LogP contribution in [-0.4, -0.2) is 62.1 Å². The lowest BCUT2D eigenvalue weighted by atomic mass is 9.60. The molecule has 29 heavy (non-hydrogen) atoms. The summed E-state index contributed by atoms with van der Waals surface area (Å²) in [6, 6.07) is 8.59. The van der Waals surface area contributed by atoms with Crippen LogP contribution in [-0.2, 0) is 11.3 Å². The van der Waals surface area contributed by atoms with E-state index < -0.39 is 0 Å². The van der Waals surface area contributed by atoms with E-state index in [-0.39, 0.29) is 30.0 Å². The molecule has 0 radical (unpaired) electrons. The number of allylic oxidation sites excluding steroid dienone is 1. The second kappa shape index (κ2) is 8.05. The highest BCUT2D eigenvalue weighted by Crippen LogP contribution is 2.54. The smallest absolute Gasteiger partial charge is 0.222 e. The fourth-order valence-electron chi connectivity index (χ4n) is 4.98. The predicted molar refractivity (Wildman–Crippen MR) is 112 cm³/mol. The Morgan fingerprint density at radius 2 is 1.93 bits per heavy atom. The van der Waals surface area contributed by atoms with Gasteiger partial charge < -0.3 is 10.0 Å². The highest BCUT2D eigenvalue weighted by Gasteiger charge is 2.66. The molecule has 4 rings (SSSR count). The van der Waals surface area contributed by atoms with Crippen LogP contribution in [0.25, 0.3) is 6.08 Å². The van der Waals surface area contributed by atoms with Gasteiger partial charge in [-0.3, -0.25) is 9.69 Å². The minimum atomic E-state index is -0.143. The number of hydrogen-bond donors (Lipinski definition) is 1. The molecule has 0 aliphatic carbocycles. The topological polar surface area (TPSA) is 69.6 Å². The van der Waals surface area contributed by atoms with E-state index in [4.69, 9.17) is 0 Å². The van der Waals surface area contributed by atoms with Gasteiger partial charge >= 0.3 is 0 Å². The second-order valence-electron chi connectivity index (χ2n) is 7.98. The van der Waals surface area contributed by atoms with Crippen LogP contribution < -0.4 is 0 Å². The summed E-state index contributed by atoms with van der Waals surface area (Å²) in [5.74, 6) is 0.381. The first-order valence-corrected chi connectivity index (χ1v) is 10.2. The van der Waals surface area contributed by atoms with Gasteiger partial charge in [0.15, 0.2) is 0 Å².